The van der Waals surface area contributed by atoms with Crippen molar-refractivity contribution >= 4 is 40.4 Å². The average Bonchev–Trinajstić information content (AvgIpc) is 2.84. The molecule has 35 heavy (non-hydrogen) atoms. The SMILES string of the molecule is Cc1ccccc1N1C(=O)NC(=O)/C(=C\c2c(Cc3cccc(F)c3)ccc3ccccc23)C1=O. The van der Waals surface area contributed by atoms with Crippen LogP contribution in [0.25, 0.3) is 16.8 Å². The summed E-state index contributed by atoms with van der Waals surface area (Å²) in [5.41, 5.74) is 3.24. The van der Waals surface area contributed by atoms with Crippen LogP contribution in [0.5, 0.6) is 0 Å². The third kappa shape index (κ3) is 4.22. The number of para-hydroxylation sites is 1. The first-order valence-corrected chi connectivity index (χ1v) is 11.1. The number of amides is 4. The predicted octanol–water partition coefficient (Wildman–Crippen LogP) is 5.54. The lowest BCUT2D eigenvalue weighted by molar-refractivity contribution is -0.122. The molecule has 1 heterocycles. The Morgan fingerprint density at radius 1 is 0.886 bits per heavy atom. The smallest absolute Gasteiger partial charge is 0.273 e. The molecule has 5 rings (SSSR count). The molecule has 1 saturated heterocycles. The molecule has 5 nitrogen and oxygen atoms in total. The second kappa shape index (κ2) is 8.99. The number of benzene rings is 4. The Morgan fingerprint density at radius 2 is 1.66 bits per heavy atom. The fourth-order valence-electron chi connectivity index (χ4n) is 4.37. The van der Waals surface area contributed by atoms with Crippen LogP contribution in [0.15, 0.2) is 90.5 Å². The van der Waals surface area contributed by atoms with E-state index >= 15 is 0 Å². The van der Waals surface area contributed by atoms with E-state index in [1.54, 1.807) is 31.2 Å². The predicted molar refractivity (Wildman–Crippen MR) is 133 cm³/mol. The molecule has 4 aromatic carbocycles. The fraction of sp³-hybridized carbons (Fsp3) is 0.0690. The summed E-state index contributed by atoms with van der Waals surface area (Å²) in [6, 6.07) is 24.0. The lowest BCUT2D eigenvalue weighted by Gasteiger charge is -2.27. The quantitative estimate of drug-likeness (QED) is 0.318. The second-order valence-corrected chi connectivity index (χ2v) is 8.41. The summed E-state index contributed by atoms with van der Waals surface area (Å²) < 4.78 is 13.8. The number of halogens is 1. The number of rotatable bonds is 4. The molecule has 0 radical (unpaired) electrons. The lowest BCUT2D eigenvalue weighted by Crippen LogP contribution is -2.54. The van der Waals surface area contributed by atoms with Crippen LogP contribution in [0.4, 0.5) is 14.9 Å². The number of carbonyl (C=O) groups excluding carboxylic acids is 3. The minimum atomic E-state index is -0.788. The number of nitrogens with one attached hydrogen (secondary N) is 1. The van der Waals surface area contributed by atoms with Crippen LogP contribution in [0.1, 0.15) is 22.3 Å². The molecule has 0 saturated carbocycles. The van der Waals surface area contributed by atoms with Gasteiger partial charge in [-0.15, -0.1) is 0 Å². The first-order valence-electron chi connectivity index (χ1n) is 11.1. The van der Waals surface area contributed by atoms with Crippen molar-refractivity contribution in [2.45, 2.75) is 13.3 Å². The van der Waals surface area contributed by atoms with Crippen LogP contribution in [0, 0.1) is 12.7 Å². The highest BCUT2D eigenvalue weighted by atomic mass is 19.1. The highest BCUT2D eigenvalue weighted by molar-refractivity contribution is 6.39. The highest BCUT2D eigenvalue weighted by Gasteiger charge is 2.37. The molecule has 0 spiro atoms. The molecule has 0 aliphatic carbocycles. The molecule has 0 atom stereocenters. The van der Waals surface area contributed by atoms with E-state index in [9.17, 15) is 18.8 Å². The minimum absolute atomic E-state index is 0.148. The van der Waals surface area contributed by atoms with Crippen LogP contribution in [0.3, 0.4) is 0 Å². The molecule has 1 N–H and O–H groups in total. The molecule has 4 amide bonds. The summed E-state index contributed by atoms with van der Waals surface area (Å²) in [7, 11) is 0. The van der Waals surface area contributed by atoms with Crippen LogP contribution in [-0.4, -0.2) is 17.8 Å². The maximum atomic E-state index is 13.8. The van der Waals surface area contributed by atoms with Gasteiger partial charge >= 0.3 is 6.03 Å². The van der Waals surface area contributed by atoms with E-state index in [1.807, 2.05) is 48.5 Å². The van der Waals surface area contributed by atoms with Crippen LogP contribution >= 0.6 is 0 Å². The maximum Gasteiger partial charge on any atom is 0.335 e. The number of anilines is 1. The topological polar surface area (TPSA) is 66.5 Å². The number of carbonyl (C=O) groups is 3. The van der Waals surface area contributed by atoms with E-state index in [4.69, 9.17) is 0 Å². The molecule has 4 aromatic rings. The summed E-state index contributed by atoms with van der Waals surface area (Å²) in [5, 5.41) is 4.06. The van der Waals surface area contributed by atoms with E-state index in [0.29, 0.717) is 17.7 Å². The highest BCUT2D eigenvalue weighted by Crippen LogP contribution is 2.30. The maximum absolute atomic E-state index is 13.8. The van der Waals surface area contributed by atoms with Gasteiger partial charge in [-0.2, -0.15) is 0 Å². The average molecular weight is 464 g/mol. The molecule has 1 fully saturated rings. The van der Waals surface area contributed by atoms with E-state index < -0.39 is 17.8 Å². The van der Waals surface area contributed by atoms with Crippen molar-refractivity contribution in [2.24, 2.45) is 0 Å². The first-order chi connectivity index (χ1) is 16.9. The van der Waals surface area contributed by atoms with Crippen molar-refractivity contribution in [1.82, 2.24) is 5.32 Å². The summed E-state index contributed by atoms with van der Waals surface area (Å²) in [5.74, 6) is -1.79. The third-order valence-electron chi connectivity index (χ3n) is 6.09. The van der Waals surface area contributed by atoms with Crippen molar-refractivity contribution in [1.29, 1.82) is 0 Å². The Hall–Kier alpha value is -4.58. The van der Waals surface area contributed by atoms with Crippen LogP contribution in [-0.2, 0) is 16.0 Å². The van der Waals surface area contributed by atoms with Crippen molar-refractivity contribution in [3.8, 4) is 0 Å². The monoisotopic (exact) mass is 464 g/mol. The molecule has 172 valence electrons. The lowest BCUT2D eigenvalue weighted by atomic mass is 9.92. The van der Waals surface area contributed by atoms with Crippen molar-refractivity contribution < 1.29 is 18.8 Å². The number of fused-ring (bicyclic) bond motifs is 1. The third-order valence-corrected chi connectivity index (χ3v) is 6.09. The van der Waals surface area contributed by atoms with Gasteiger partial charge in [0.25, 0.3) is 11.8 Å². The molecule has 1 aliphatic rings. The Labute approximate surface area is 201 Å². The fourth-order valence-corrected chi connectivity index (χ4v) is 4.37. The van der Waals surface area contributed by atoms with Gasteiger partial charge in [-0.3, -0.25) is 14.9 Å². The van der Waals surface area contributed by atoms with E-state index in [2.05, 4.69) is 5.32 Å². The molecular weight excluding hydrogens is 443 g/mol. The Balaban J connectivity index is 1.66. The van der Waals surface area contributed by atoms with Gasteiger partial charge in [-0.1, -0.05) is 66.7 Å². The number of nitrogens with zero attached hydrogens (tertiary/aromatic N) is 1. The van der Waals surface area contributed by atoms with Crippen molar-refractivity contribution in [2.75, 3.05) is 4.90 Å². The number of urea groups is 1. The van der Waals surface area contributed by atoms with Gasteiger partial charge in [-0.05, 0) is 70.6 Å². The largest absolute Gasteiger partial charge is 0.335 e. The van der Waals surface area contributed by atoms with Gasteiger partial charge in [0.15, 0.2) is 0 Å². The molecule has 6 heteroatoms. The van der Waals surface area contributed by atoms with Gasteiger partial charge in [0, 0.05) is 0 Å². The molecule has 0 aromatic heterocycles. The minimum Gasteiger partial charge on any atom is -0.273 e. The number of barbiturate groups is 1. The Bertz CT molecular complexity index is 1540. The summed E-state index contributed by atoms with van der Waals surface area (Å²) in [6.07, 6.45) is 1.93. The van der Waals surface area contributed by atoms with Gasteiger partial charge in [-0.25, -0.2) is 14.1 Å². The Morgan fingerprint density at radius 3 is 2.46 bits per heavy atom. The van der Waals surface area contributed by atoms with Gasteiger partial charge < -0.3 is 0 Å². The zero-order valence-corrected chi connectivity index (χ0v) is 18.9. The van der Waals surface area contributed by atoms with E-state index in [1.165, 1.54) is 18.2 Å². The summed E-state index contributed by atoms with van der Waals surface area (Å²) in [4.78, 5) is 39.9. The number of hydrogen-bond donors (Lipinski definition) is 1. The van der Waals surface area contributed by atoms with Gasteiger partial charge in [0.1, 0.15) is 11.4 Å². The number of imide groups is 2. The van der Waals surface area contributed by atoms with Gasteiger partial charge in [0.2, 0.25) is 0 Å². The molecule has 1 aliphatic heterocycles. The molecule has 0 bridgehead atoms. The normalized spacial score (nSPS) is 15.1. The zero-order chi connectivity index (χ0) is 24.5. The number of aryl methyl sites for hydroxylation is 1. The van der Waals surface area contributed by atoms with E-state index in [-0.39, 0.29) is 11.4 Å². The molecule has 0 unspecified atom stereocenters. The van der Waals surface area contributed by atoms with Gasteiger partial charge in [0.05, 0.1) is 5.69 Å². The van der Waals surface area contributed by atoms with Crippen molar-refractivity contribution in [3.63, 3.8) is 0 Å². The first kappa shape index (κ1) is 22.2. The molecular formula is C29H21FN2O3. The Kier molecular flexibility index (Phi) is 5.71. The standard InChI is InChI=1S/C29H21FN2O3/c1-18-7-2-5-12-26(18)32-28(34)25(27(33)31-29(32)35)17-24-21(15-19-8-6-10-22(30)16-19)14-13-20-9-3-4-11-23(20)24/h2-14,16-17H,15H2,1H3,(H,31,33,35)/b25-17+. The van der Waals surface area contributed by atoms with Crippen LogP contribution in [0.2, 0.25) is 0 Å². The van der Waals surface area contributed by atoms with Crippen molar-refractivity contribution in [3.05, 3.63) is 119 Å². The number of hydrogen-bond acceptors (Lipinski definition) is 3. The summed E-state index contributed by atoms with van der Waals surface area (Å²) >= 11 is 0. The summed E-state index contributed by atoms with van der Waals surface area (Å²) in [6.45, 7) is 1.79. The second-order valence-electron chi connectivity index (χ2n) is 8.41. The van der Waals surface area contributed by atoms with Crippen LogP contribution < -0.4 is 10.2 Å². The zero-order valence-electron chi connectivity index (χ0n) is 18.9. The van der Waals surface area contributed by atoms with E-state index in [0.717, 1.165) is 32.4 Å².